The van der Waals surface area contributed by atoms with Crippen molar-refractivity contribution in [2.45, 2.75) is 33.2 Å². The number of hydrogen-bond donors (Lipinski definition) is 2. The smallest absolute Gasteiger partial charge is 0.340 e. The average molecular weight is 264 g/mol. The molecule has 0 bridgehead atoms. The highest BCUT2D eigenvalue weighted by Crippen LogP contribution is 2.17. The fraction of sp³-hybridized carbons (Fsp3) is 0.429. The van der Waals surface area contributed by atoms with E-state index in [0.717, 1.165) is 5.56 Å². The second-order valence-electron chi connectivity index (χ2n) is 4.65. The number of nitrogen functional groups attached to an aromatic ring is 1. The third-order valence-electron chi connectivity index (χ3n) is 2.52. The van der Waals surface area contributed by atoms with Gasteiger partial charge in [-0.25, -0.2) is 4.79 Å². The van der Waals surface area contributed by atoms with E-state index >= 15 is 0 Å². The largest absolute Gasteiger partial charge is 0.461 e. The van der Waals surface area contributed by atoms with Crippen LogP contribution in [0.5, 0.6) is 0 Å². The first kappa shape index (κ1) is 15.0. The van der Waals surface area contributed by atoms with Crippen LogP contribution < -0.4 is 11.1 Å². The summed E-state index contributed by atoms with van der Waals surface area (Å²) in [4.78, 5) is 23.2. The maximum Gasteiger partial charge on any atom is 0.340 e. The molecule has 0 radical (unpaired) electrons. The van der Waals surface area contributed by atoms with Gasteiger partial charge in [0.15, 0.2) is 0 Å². The van der Waals surface area contributed by atoms with Crippen molar-refractivity contribution in [3.8, 4) is 0 Å². The zero-order valence-electron chi connectivity index (χ0n) is 11.5. The lowest BCUT2D eigenvalue weighted by molar-refractivity contribution is -0.122. The molecule has 0 atom stereocenters. The average Bonchev–Trinajstić information content (AvgIpc) is 2.27. The quantitative estimate of drug-likeness (QED) is 0.626. The van der Waals surface area contributed by atoms with Crippen molar-refractivity contribution in [3.63, 3.8) is 0 Å². The Morgan fingerprint density at radius 3 is 2.63 bits per heavy atom. The Labute approximate surface area is 113 Å². The lowest BCUT2D eigenvalue weighted by Crippen LogP contribution is -2.31. The zero-order chi connectivity index (χ0) is 14.4. The van der Waals surface area contributed by atoms with E-state index in [0.29, 0.717) is 11.3 Å². The van der Waals surface area contributed by atoms with Crippen molar-refractivity contribution in [2.24, 2.45) is 0 Å². The molecule has 1 aromatic rings. The third-order valence-corrected chi connectivity index (χ3v) is 2.52. The lowest BCUT2D eigenvalue weighted by atomic mass is 10.1. The fourth-order valence-corrected chi connectivity index (χ4v) is 1.67. The van der Waals surface area contributed by atoms with Crippen LogP contribution in [0, 0.1) is 6.92 Å². The Balaban J connectivity index is 2.50. The van der Waals surface area contributed by atoms with Gasteiger partial charge in [-0.1, -0.05) is 12.1 Å². The predicted octanol–water partition coefficient (Wildman–Crippen LogP) is 1.65. The first-order valence-corrected chi connectivity index (χ1v) is 6.23. The highest BCUT2D eigenvalue weighted by Gasteiger charge is 2.14. The summed E-state index contributed by atoms with van der Waals surface area (Å²) in [6.45, 7) is 5.58. The van der Waals surface area contributed by atoms with Gasteiger partial charge in [0.25, 0.3) is 0 Å². The first-order chi connectivity index (χ1) is 8.91. The summed E-state index contributed by atoms with van der Waals surface area (Å²) in [5.41, 5.74) is 7.25. The molecule has 5 heteroatoms. The lowest BCUT2D eigenvalue weighted by Gasteiger charge is -2.10. The standard InChI is InChI=1S/C14H20N2O3/c1-9(2)16-12(17)7-8-19-14(18)13-10(3)5-4-6-11(13)15/h4-6,9H,7-8,15H2,1-3H3,(H,16,17). The van der Waals surface area contributed by atoms with E-state index in [1.807, 2.05) is 13.8 Å². The van der Waals surface area contributed by atoms with E-state index in [-0.39, 0.29) is 25.0 Å². The Hall–Kier alpha value is -2.04. The zero-order valence-corrected chi connectivity index (χ0v) is 11.5. The van der Waals surface area contributed by atoms with Crippen molar-refractivity contribution in [3.05, 3.63) is 29.3 Å². The summed E-state index contributed by atoms with van der Waals surface area (Å²) < 4.78 is 5.06. The third kappa shape index (κ3) is 4.62. The summed E-state index contributed by atoms with van der Waals surface area (Å²) >= 11 is 0. The minimum atomic E-state index is -0.493. The Kier molecular flexibility index (Phi) is 5.36. The maximum atomic E-state index is 11.9. The second kappa shape index (κ2) is 6.78. The molecule has 1 aromatic carbocycles. The summed E-state index contributed by atoms with van der Waals surface area (Å²) in [6.07, 6.45) is 0.149. The number of aryl methyl sites for hydroxylation is 1. The molecule has 104 valence electrons. The summed E-state index contributed by atoms with van der Waals surface area (Å²) in [5.74, 6) is -0.631. The van der Waals surface area contributed by atoms with Crippen molar-refractivity contribution in [1.29, 1.82) is 0 Å². The van der Waals surface area contributed by atoms with Crippen molar-refractivity contribution < 1.29 is 14.3 Å². The van der Waals surface area contributed by atoms with Crippen LogP contribution in [-0.2, 0) is 9.53 Å². The van der Waals surface area contributed by atoms with E-state index in [4.69, 9.17) is 10.5 Å². The van der Waals surface area contributed by atoms with Gasteiger partial charge in [-0.15, -0.1) is 0 Å². The molecule has 0 aliphatic heterocycles. The number of nitrogens with one attached hydrogen (secondary N) is 1. The van der Waals surface area contributed by atoms with Crippen LogP contribution in [0.4, 0.5) is 5.69 Å². The Morgan fingerprint density at radius 2 is 2.05 bits per heavy atom. The Morgan fingerprint density at radius 1 is 1.37 bits per heavy atom. The van der Waals surface area contributed by atoms with Crippen LogP contribution in [0.3, 0.4) is 0 Å². The van der Waals surface area contributed by atoms with Crippen LogP contribution in [0.2, 0.25) is 0 Å². The van der Waals surface area contributed by atoms with Gasteiger partial charge in [-0.05, 0) is 32.4 Å². The van der Waals surface area contributed by atoms with E-state index < -0.39 is 5.97 Å². The Bertz CT molecular complexity index is 450. The minimum absolute atomic E-state index is 0.0468. The van der Waals surface area contributed by atoms with Gasteiger partial charge in [0, 0.05) is 11.7 Å². The summed E-state index contributed by atoms with van der Waals surface area (Å²) in [5, 5.41) is 2.72. The van der Waals surface area contributed by atoms with Crippen LogP contribution in [0.1, 0.15) is 36.2 Å². The van der Waals surface area contributed by atoms with Crippen LogP contribution in [-0.4, -0.2) is 24.5 Å². The number of carbonyl (C=O) groups excluding carboxylic acids is 2. The van der Waals surface area contributed by atoms with Gasteiger partial charge in [0.2, 0.25) is 5.91 Å². The van der Waals surface area contributed by atoms with Crippen molar-refractivity contribution >= 4 is 17.6 Å². The van der Waals surface area contributed by atoms with Crippen LogP contribution >= 0.6 is 0 Å². The van der Waals surface area contributed by atoms with Gasteiger partial charge in [-0.2, -0.15) is 0 Å². The monoisotopic (exact) mass is 264 g/mol. The molecular weight excluding hydrogens is 244 g/mol. The number of amides is 1. The molecule has 3 N–H and O–H groups in total. The molecule has 0 fully saturated rings. The van der Waals surface area contributed by atoms with Crippen molar-refractivity contribution in [2.75, 3.05) is 12.3 Å². The molecule has 0 heterocycles. The number of benzene rings is 1. The molecule has 1 rings (SSSR count). The molecule has 19 heavy (non-hydrogen) atoms. The maximum absolute atomic E-state index is 11.9. The molecule has 0 aromatic heterocycles. The summed E-state index contributed by atoms with van der Waals surface area (Å²) in [6, 6.07) is 5.29. The number of esters is 1. The van der Waals surface area contributed by atoms with Gasteiger partial charge < -0.3 is 15.8 Å². The molecular formula is C14H20N2O3. The molecule has 0 unspecified atom stereocenters. The number of ether oxygens (including phenoxy) is 1. The predicted molar refractivity (Wildman–Crippen MR) is 73.8 cm³/mol. The minimum Gasteiger partial charge on any atom is -0.461 e. The fourth-order valence-electron chi connectivity index (χ4n) is 1.67. The van der Waals surface area contributed by atoms with Gasteiger partial charge >= 0.3 is 5.97 Å². The number of hydrogen-bond acceptors (Lipinski definition) is 4. The number of rotatable bonds is 5. The molecule has 1 amide bonds. The van der Waals surface area contributed by atoms with E-state index in [1.54, 1.807) is 25.1 Å². The first-order valence-electron chi connectivity index (χ1n) is 6.23. The van der Waals surface area contributed by atoms with Crippen molar-refractivity contribution in [1.82, 2.24) is 5.32 Å². The van der Waals surface area contributed by atoms with Crippen LogP contribution in [0.15, 0.2) is 18.2 Å². The normalized spacial score (nSPS) is 10.3. The van der Waals surface area contributed by atoms with Gasteiger partial charge in [0.05, 0.1) is 12.0 Å². The molecule has 0 aliphatic carbocycles. The number of anilines is 1. The number of carbonyl (C=O) groups is 2. The highest BCUT2D eigenvalue weighted by molar-refractivity contribution is 5.96. The van der Waals surface area contributed by atoms with Gasteiger partial charge in [-0.3, -0.25) is 4.79 Å². The molecule has 5 nitrogen and oxygen atoms in total. The molecule has 0 aliphatic rings. The molecule has 0 saturated carbocycles. The SMILES string of the molecule is Cc1cccc(N)c1C(=O)OCCC(=O)NC(C)C. The summed E-state index contributed by atoms with van der Waals surface area (Å²) in [7, 11) is 0. The van der Waals surface area contributed by atoms with E-state index in [9.17, 15) is 9.59 Å². The highest BCUT2D eigenvalue weighted by atomic mass is 16.5. The topological polar surface area (TPSA) is 81.4 Å². The number of nitrogens with two attached hydrogens (primary N) is 1. The van der Waals surface area contributed by atoms with E-state index in [1.165, 1.54) is 0 Å². The van der Waals surface area contributed by atoms with Crippen LogP contribution in [0.25, 0.3) is 0 Å². The van der Waals surface area contributed by atoms with E-state index in [2.05, 4.69) is 5.32 Å². The second-order valence-corrected chi connectivity index (χ2v) is 4.65. The molecule has 0 saturated heterocycles. The van der Waals surface area contributed by atoms with Gasteiger partial charge in [0.1, 0.15) is 6.61 Å². The molecule has 0 spiro atoms.